The van der Waals surface area contributed by atoms with Crippen molar-refractivity contribution in [2.45, 2.75) is 0 Å². The number of hydrogen-bond donors (Lipinski definition) is 3. The largest absolute Gasteiger partial charge is 0.494 e. The number of imide groups is 1. The quantitative estimate of drug-likeness (QED) is 0.482. The fourth-order valence-corrected chi connectivity index (χ4v) is 2.89. The molecule has 2 heterocycles. The predicted molar refractivity (Wildman–Crippen MR) is 86.0 cm³/mol. The lowest BCUT2D eigenvalue weighted by molar-refractivity contribution is -0.171. The van der Waals surface area contributed by atoms with Crippen molar-refractivity contribution in [1.82, 2.24) is 9.63 Å². The van der Waals surface area contributed by atoms with Crippen LogP contribution >= 0.6 is 0 Å². The lowest BCUT2D eigenvalue weighted by Crippen LogP contribution is -2.34. The van der Waals surface area contributed by atoms with Crippen LogP contribution in [0, 0.1) is 0 Å². The first-order valence-electron chi connectivity index (χ1n) is 7.10. The summed E-state index contributed by atoms with van der Waals surface area (Å²) in [6.07, 6.45) is 0.306. The average molecular weight is 394 g/mol. The molecule has 0 unspecified atom stereocenters. The number of nitrogens with zero attached hydrogens (tertiary/aromatic N) is 2. The SMILES string of the molecule is O=C(ON1C(=O)C=C(S(=O)(=O)O)C1=O)c1ccccc1-n1c(O)ccc1O. The highest BCUT2D eigenvalue weighted by Gasteiger charge is 2.41. The van der Waals surface area contributed by atoms with Gasteiger partial charge >= 0.3 is 11.9 Å². The van der Waals surface area contributed by atoms with E-state index in [1.165, 1.54) is 24.3 Å². The zero-order chi connectivity index (χ0) is 19.9. The van der Waals surface area contributed by atoms with E-state index in [9.17, 15) is 33.0 Å². The highest BCUT2D eigenvalue weighted by atomic mass is 32.2. The van der Waals surface area contributed by atoms with Crippen LogP contribution in [0.4, 0.5) is 0 Å². The summed E-state index contributed by atoms with van der Waals surface area (Å²) in [4.78, 5) is 39.4. The maximum absolute atomic E-state index is 12.4. The minimum atomic E-state index is -4.99. The van der Waals surface area contributed by atoms with Crippen molar-refractivity contribution in [3.8, 4) is 17.4 Å². The van der Waals surface area contributed by atoms with E-state index in [4.69, 9.17) is 4.55 Å². The molecule has 12 heteroatoms. The van der Waals surface area contributed by atoms with E-state index in [1.807, 2.05) is 0 Å². The fourth-order valence-electron chi connectivity index (χ4n) is 2.34. The molecule has 0 saturated heterocycles. The first kappa shape index (κ1) is 18.2. The maximum Gasteiger partial charge on any atom is 0.366 e. The van der Waals surface area contributed by atoms with Crippen LogP contribution in [0.3, 0.4) is 0 Å². The van der Waals surface area contributed by atoms with Gasteiger partial charge in [0.15, 0.2) is 16.7 Å². The van der Waals surface area contributed by atoms with Gasteiger partial charge in [-0.2, -0.15) is 8.42 Å². The number of hydrogen-bond acceptors (Lipinski definition) is 8. The number of para-hydroxylation sites is 1. The Labute approximate surface area is 151 Å². The molecule has 2 amide bonds. The summed E-state index contributed by atoms with van der Waals surface area (Å²) in [5, 5.41) is 19.5. The molecular formula is C15H10N2O9S. The molecule has 140 valence electrons. The molecule has 11 nitrogen and oxygen atoms in total. The van der Waals surface area contributed by atoms with E-state index >= 15 is 0 Å². The molecule has 0 atom stereocenters. The Morgan fingerprint density at radius 1 is 1.00 bits per heavy atom. The van der Waals surface area contributed by atoms with Crippen LogP contribution in [-0.4, -0.2) is 50.6 Å². The van der Waals surface area contributed by atoms with Crippen LogP contribution in [0.25, 0.3) is 5.69 Å². The van der Waals surface area contributed by atoms with E-state index < -0.39 is 44.6 Å². The number of amides is 2. The summed E-state index contributed by atoms with van der Waals surface area (Å²) in [7, 11) is -4.99. The number of carbonyl (C=O) groups is 3. The second kappa shape index (κ2) is 6.26. The summed E-state index contributed by atoms with van der Waals surface area (Å²) >= 11 is 0. The molecule has 3 N–H and O–H groups in total. The third kappa shape index (κ3) is 3.14. The minimum Gasteiger partial charge on any atom is -0.494 e. The van der Waals surface area contributed by atoms with Crippen molar-refractivity contribution in [3.05, 3.63) is 52.9 Å². The molecule has 1 aliphatic heterocycles. The summed E-state index contributed by atoms with van der Waals surface area (Å²) in [5.74, 6) is -4.90. The van der Waals surface area contributed by atoms with Gasteiger partial charge in [0.25, 0.3) is 16.0 Å². The number of hydroxylamine groups is 2. The predicted octanol–water partition coefficient (Wildman–Crippen LogP) is 0.101. The molecular weight excluding hydrogens is 384 g/mol. The molecule has 0 saturated carbocycles. The van der Waals surface area contributed by atoms with E-state index in [0.717, 1.165) is 16.7 Å². The molecule has 1 aromatic carbocycles. The van der Waals surface area contributed by atoms with E-state index in [-0.39, 0.29) is 16.3 Å². The van der Waals surface area contributed by atoms with Crippen molar-refractivity contribution < 1.29 is 42.4 Å². The highest BCUT2D eigenvalue weighted by Crippen LogP contribution is 2.29. The zero-order valence-electron chi connectivity index (χ0n) is 13.1. The Kier molecular flexibility index (Phi) is 4.21. The van der Waals surface area contributed by atoms with Gasteiger partial charge in [-0.25, -0.2) is 4.79 Å². The maximum atomic E-state index is 12.4. The molecule has 0 spiro atoms. The van der Waals surface area contributed by atoms with Gasteiger partial charge in [-0.05, 0) is 12.1 Å². The normalized spacial score (nSPS) is 14.4. The fraction of sp³-hybridized carbons (Fsp3) is 0. The Balaban J connectivity index is 1.94. The van der Waals surface area contributed by atoms with Crippen LogP contribution in [0.2, 0.25) is 0 Å². The molecule has 1 aliphatic rings. The lowest BCUT2D eigenvalue weighted by Gasteiger charge is -2.16. The average Bonchev–Trinajstić information content (AvgIpc) is 3.07. The van der Waals surface area contributed by atoms with Gasteiger partial charge in [-0.1, -0.05) is 17.2 Å². The van der Waals surface area contributed by atoms with Crippen LogP contribution in [0.5, 0.6) is 11.8 Å². The molecule has 3 rings (SSSR count). The second-order valence-electron chi connectivity index (χ2n) is 5.20. The van der Waals surface area contributed by atoms with Gasteiger partial charge in [0, 0.05) is 18.2 Å². The smallest absolute Gasteiger partial charge is 0.366 e. The summed E-state index contributed by atoms with van der Waals surface area (Å²) in [6, 6.07) is 7.77. The Hall–Kier alpha value is -3.64. The lowest BCUT2D eigenvalue weighted by atomic mass is 10.2. The molecule has 1 aromatic heterocycles. The number of rotatable bonds is 4. The molecule has 0 bridgehead atoms. The Morgan fingerprint density at radius 3 is 2.15 bits per heavy atom. The molecule has 0 aliphatic carbocycles. The van der Waals surface area contributed by atoms with Crippen molar-refractivity contribution >= 4 is 27.9 Å². The van der Waals surface area contributed by atoms with Crippen molar-refractivity contribution in [2.24, 2.45) is 0 Å². The van der Waals surface area contributed by atoms with E-state index in [1.54, 1.807) is 0 Å². The third-order valence-corrected chi connectivity index (χ3v) is 4.35. The Morgan fingerprint density at radius 2 is 1.59 bits per heavy atom. The number of aromatic nitrogens is 1. The number of aromatic hydroxyl groups is 2. The summed E-state index contributed by atoms with van der Waals surface area (Å²) < 4.78 is 31.9. The van der Waals surface area contributed by atoms with Crippen LogP contribution in [0.1, 0.15) is 10.4 Å². The van der Waals surface area contributed by atoms with Gasteiger partial charge in [0.1, 0.15) is 0 Å². The molecule has 0 radical (unpaired) electrons. The van der Waals surface area contributed by atoms with E-state index in [0.29, 0.717) is 6.08 Å². The van der Waals surface area contributed by atoms with Crippen LogP contribution in [-0.2, 0) is 24.5 Å². The number of carbonyl (C=O) groups excluding carboxylic acids is 3. The topological polar surface area (TPSA) is 163 Å². The molecule has 2 aromatic rings. The first-order valence-corrected chi connectivity index (χ1v) is 8.54. The minimum absolute atomic E-state index is 0.0374. The second-order valence-corrected chi connectivity index (χ2v) is 6.59. The first-order chi connectivity index (χ1) is 12.6. The van der Waals surface area contributed by atoms with Crippen LogP contribution in [0.15, 0.2) is 47.4 Å². The van der Waals surface area contributed by atoms with Gasteiger partial charge in [0.05, 0.1) is 11.3 Å². The Bertz CT molecular complexity index is 1090. The van der Waals surface area contributed by atoms with Gasteiger partial charge in [0.2, 0.25) is 0 Å². The third-order valence-electron chi connectivity index (χ3n) is 3.51. The zero-order valence-corrected chi connectivity index (χ0v) is 14.0. The van der Waals surface area contributed by atoms with Crippen molar-refractivity contribution in [1.29, 1.82) is 0 Å². The van der Waals surface area contributed by atoms with Crippen molar-refractivity contribution in [3.63, 3.8) is 0 Å². The van der Waals surface area contributed by atoms with Crippen molar-refractivity contribution in [2.75, 3.05) is 0 Å². The number of benzene rings is 1. The molecule has 0 fully saturated rings. The van der Waals surface area contributed by atoms with E-state index in [2.05, 4.69) is 4.84 Å². The van der Waals surface area contributed by atoms with Gasteiger partial charge < -0.3 is 15.1 Å². The van der Waals surface area contributed by atoms with Gasteiger partial charge in [-0.3, -0.25) is 18.7 Å². The standard InChI is InChI=1S/C15H10N2O9S/c18-11-5-6-12(19)16(11)9-4-2-1-3-8(9)15(22)26-17-13(20)7-10(14(17)21)27(23,24)25/h1-7,18-19H,(H,23,24,25). The van der Waals surface area contributed by atoms with Crippen LogP contribution < -0.4 is 0 Å². The molecule has 27 heavy (non-hydrogen) atoms. The highest BCUT2D eigenvalue weighted by molar-refractivity contribution is 7.90. The van der Waals surface area contributed by atoms with Gasteiger partial charge in [-0.15, -0.1) is 0 Å². The summed E-state index contributed by atoms with van der Waals surface area (Å²) in [5.41, 5.74) is -0.301. The monoisotopic (exact) mass is 394 g/mol. The summed E-state index contributed by atoms with van der Waals surface area (Å²) in [6.45, 7) is 0.